The lowest BCUT2D eigenvalue weighted by Crippen LogP contribution is -2.44. The van der Waals surface area contributed by atoms with Gasteiger partial charge in [-0.1, -0.05) is 11.2 Å². The summed E-state index contributed by atoms with van der Waals surface area (Å²) in [5, 5.41) is 4.06. The summed E-state index contributed by atoms with van der Waals surface area (Å²) >= 11 is 0. The molecule has 28 heavy (non-hydrogen) atoms. The van der Waals surface area contributed by atoms with Crippen LogP contribution >= 0.6 is 0 Å². The fraction of sp³-hybridized carbons (Fsp3) is 0.286. The van der Waals surface area contributed by atoms with Gasteiger partial charge in [-0.2, -0.15) is 4.98 Å². The number of aromatic nitrogens is 4. The molecule has 7 heteroatoms. The molecule has 0 unspecified atom stereocenters. The zero-order valence-electron chi connectivity index (χ0n) is 15.6. The molecule has 0 saturated heterocycles. The molecule has 1 aliphatic rings. The van der Waals surface area contributed by atoms with E-state index in [2.05, 4.69) is 22.0 Å². The Morgan fingerprint density at radius 1 is 1.11 bits per heavy atom. The van der Waals surface area contributed by atoms with Gasteiger partial charge in [0.05, 0.1) is 11.2 Å². The normalized spacial score (nSPS) is 15.5. The Morgan fingerprint density at radius 3 is 2.68 bits per heavy atom. The van der Waals surface area contributed by atoms with E-state index in [9.17, 15) is 0 Å². The number of aryl methyl sites for hydroxylation is 1. The molecule has 4 aromatic rings. The van der Waals surface area contributed by atoms with E-state index < -0.39 is 5.54 Å². The van der Waals surface area contributed by atoms with E-state index in [1.165, 1.54) is 5.56 Å². The number of ether oxygens (including phenoxy) is 1. The Labute approximate surface area is 162 Å². The summed E-state index contributed by atoms with van der Waals surface area (Å²) < 4.78 is 13.3. The van der Waals surface area contributed by atoms with Gasteiger partial charge < -0.3 is 19.4 Å². The SMILES string of the molecule is Cc1ccc2nc(COc3ccc(-c4nc(C5(N)CCC5)no4)cc3)cn2c1. The molecule has 0 atom stereocenters. The van der Waals surface area contributed by atoms with Crippen LogP contribution in [0.1, 0.15) is 36.3 Å². The predicted octanol–water partition coefficient (Wildman–Crippen LogP) is 3.61. The number of hydrogen-bond acceptors (Lipinski definition) is 6. The number of rotatable bonds is 5. The average molecular weight is 375 g/mol. The molecule has 2 N–H and O–H groups in total. The molecule has 142 valence electrons. The van der Waals surface area contributed by atoms with Crippen LogP contribution in [0.4, 0.5) is 0 Å². The van der Waals surface area contributed by atoms with Gasteiger partial charge in [-0.05, 0) is 62.1 Å². The first-order valence-electron chi connectivity index (χ1n) is 9.40. The monoisotopic (exact) mass is 375 g/mol. The first-order valence-corrected chi connectivity index (χ1v) is 9.40. The molecule has 1 aromatic carbocycles. The maximum absolute atomic E-state index is 6.26. The van der Waals surface area contributed by atoms with Crippen LogP contribution in [-0.4, -0.2) is 19.5 Å². The van der Waals surface area contributed by atoms with Crippen molar-refractivity contribution >= 4 is 5.65 Å². The van der Waals surface area contributed by atoms with Crippen LogP contribution in [0.3, 0.4) is 0 Å². The van der Waals surface area contributed by atoms with Crippen molar-refractivity contribution < 1.29 is 9.26 Å². The molecular weight excluding hydrogens is 354 g/mol. The molecule has 1 fully saturated rings. The highest BCUT2D eigenvalue weighted by Crippen LogP contribution is 2.37. The predicted molar refractivity (Wildman–Crippen MR) is 104 cm³/mol. The number of nitrogens with zero attached hydrogens (tertiary/aromatic N) is 4. The summed E-state index contributed by atoms with van der Waals surface area (Å²) in [5.74, 6) is 1.83. The summed E-state index contributed by atoms with van der Waals surface area (Å²) in [4.78, 5) is 9.04. The summed E-state index contributed by atoms with van der Waals surface area (Å²) in [7, 11) is 0. The van der Waals surface area contributed by atoms with Crippen molar-refractivity contribution in [3.8, 4) is 17.2 Å². The minimum atomic E-state index is -0.419. The maximum Gasteiger partial charge on any atom is 0.257 e. The lowest BCUT2D eigenvalue weighted by atomic mass is 9.77. The van der Waals surface area contributed by atoms with E-state index in [0.717, 1.165) is 41.9 Å². The molecule has 0 radical (unpaired) electrons. The number of fused-ring (bicyclic) bond motifs is 1. The summed E-state index contributed by atoms with van der Waals surface area (Å²) in [6.07, 6.45) is 6.95. The first kappa shape index (κ1) is 16.9. The van der Waals surface area contributed by atoms with E-state index >= 15 is 0 Å². The van der Waals surface area contributed by atoms with Crippen molar-refractivity contribution in [1.82, 2.24) is 19.5 Å². The van der Waals surface area contributed by atoms with Gasteiger partial charge in [0.2, 0.25) is 0 Å². The van der Waals surface area contributed by atoms with Crippen molar-refractivity contribution in [3.63, 3.8) is 0 Å². The largest absolute Gasteiger partial charge is 0.487 e. The Morgan fingerprint density at radius 2 is 1.93 bits per heavy atom. The number of nitrogens with two attached hydrogens (primary N) is 1. The van der Waals surface area contributed by atoms with E-state index in [-0.39, 0.29) is 0 Å². The van der Waals surface area contributed by atoms with Gasteiger partial charge in [-0.25, -0.2) is 4.98 Å². The van der Waals surface area contributed by atoms with E-state index in [4.69, 9.17) is 15.0 Å². The molecule has 0 aliphatic heterocycles. The Hall–Kier alpha value is -3.19. The topological polar surface area (TPSA) is 91.5 Å². The van der Waals surface area contributed by atoms with Crippen LogP contribution in [0.25, 0.3) is 17.1 Å². The highest BCUT2D eigenvalue weighted by molar-refractivity contribution is 5.54. The lowest BCUT2D eigenvalue weighted by Gasteiger charge is -2.34. The average Bonchev–Trinajstić information content (AvgIpc) is 3.32. The Bertz CT molecular complexity index is 1130. The third kappa shape index (κ3) is 3.03. The molecular formula is C21H21N5O2. The second kappa shape index (κ2) is 6.45. The van der Waals surface area contributed by atoms with Crippen LogP contribution in [0.5, 0.6) is 5.75 Å². The smallest absolute Gasteiger partial charge is 0.257 e. The molecule has 1 saturated carbocycles. The highest BCUT2D eigenvalue weighted by Gasteiger charge is 2.39. The summed E-state index contributed by atoms with van der Waals surface area (Å²) in [6.45, 7) is 2.46. The van der Waals surface area contributed by atoms with Crippen LogP contribution in [-0.2, 0) is 12.1 Å². The maximum atomic E-state index is 6.26. The molecule has 7 nitrogen and oxygen atoms in total. The first-order chi connectivity index (χ1) is 13.6. The second-order valence-corrected chi connectivity index (χ2v) is 7.45. The summed E-state index contributed by atoms with van der Waals surface area (Å²) in [5.41, 5.74) is 9.67. The van der Waals surface area contributed by atoms with Gasteiger partial charge in [-0.3, -0.25) is 0 Å². The van der Waals surface area contributed by atoms with Crippen LogP contribution in [0, 0.1) is 6.92 Å². The van der Waals surface area contributed by atoms with Gasteiger partial charge >= 0.3 is 0 Å². The van der Waals surface area contributed by atoms with E-state index in [1.54, 1.807) is 0 Å². The van der Waals surface area contributed by atoms with Gasteiger partial charge in [0, 0.05) is 18.0 Å². The zero-order chi connectivity index (χ0) is 19.1. The van der Waals surface area contributed by atoms with Gasteiger partial charge in [0.15, 0.2) is 5.82 Å². The van der Waals surface area contributed by atoms with Crippen LogP contribution in [0.15, 0.2) is 53.3 Å². The number of pyridine rings is 1. The molecule has 1 aliphatic carbocycles. The van der Waals surface area contributed by atoms with Crippen molar-refractivity contribution in [2.24, 2.45) is 5.73 Å². The van der Waals surface area contributed by atoms with Crippen molar-refractivity contribution in [3.05, 3.63) is 65.9 Å². The molecule has 3 heterocycles. The fourth-order valence-electron chi connectivity index (χ4n) is 3.40. The van der Waals surface area contributed by atoms with E-state index in [1.807, 2.05) is 53.2 Å². The minimum Gasteiger partial charge on any atom is -0.487 e. The zero-order valence-corrected chi connectivity index (χ0v) is 15.6. The third-order valence-corrected chi connectivity index (χ3v) is 5.25. The summed E-state index contributed by atoms with van der Waals surface area (Å²) in [6, 6.07) is 11.6. The highest BCUT2D eigenvalue weighted by atomic mass is 16.5. The van der Waals surface area contributed by atoms with Crippen molar-refractivity contribution in [2.75, 3.05) is 0 Å². The van der Waals surface area contributed by atoms with Gasteiger partial charge in [0.1, 0.15) is 18.0 Å². The lowest BCUT2D eigenvalue weighted by molar-refractivity contribution is 0.229. The molecule has 5 rings (SSSR count). The van der Waals surface area contributed by atoms with Crippen molar-refractivity contribution in [1.29, 1.82) is 0 Å². The number of imidazole rings is 1. The molecule has 0 spiro atoms. The fourth-order valence-corrected chi connectivity index (χ4v) is 3.40. The third-order valence-electron chi connectivity index (χ3n) is 5.25. The van der Waals surface area contributed by atoms with Crippen LogP contribution in [0.2, 0.25) is 0 Å². The molecule has 0 bridgehead atoms. The quantitative estimate of drug-likeness (QED) is 0.573. The standard InChI is InChI=1S/C21H21N5O2/c1-14-3-8-18-23-16(12-26(18)11-14)13-27-17-6-4-15(5-7-17)19-24-20(25-28-19)21(22)9-2-10-21/h3-8,11-12H,2,9-10,13,22H2,1H3. The number of hydrogen-bond donors (Lipinski definition) is 1. The second-order valence-electron chi connectivity index (χ2n) is 7.45. The Kier molecular flexibility index (Phi) is 3.91. The number of benzene rings is 1. The van der Waals surface area contributed by atoms with Crippen LogP contribution < -0.4 is 10.5 Å². The molecule has 0 amide bonds. The van der Waals surface area contributed by atoms with Gasteiger partial charge in [-0.15, -0.1) is 0 Å². The minimum absolute atomic E-state index is 0.403. The van der Waals surface area contributed by atoms with Crippen molar-refractivity contribution in [2.45, 2.75) is 38.3 Å². The Balaban J connectivity index is 1.27. The van der Waals surface area contributed by atoms with E-state index in [0.29, 0.717) is 18.3 Å². The van der Waals surface area contributed by atoms with Gasteiger partial charge in [0.25, 0.3) is 5.89 Å². The molecule has 3 aromatic heterocycles.